The Balaban J connectivity index is 3.92. The van der Waals surface area contributed by atoms with Crippen LogP contribution in [0.25, 0.3) is 0 Å². The number of rotatable bonds is 4. The highest BCUT2D eigenvalue weighted by Crippen LogP contribution is 2.12. The molecule has 0 spiro atoms. The van der Waals surface area contributed by atoms with Crippen molar-refractivity contribution >= 4 is 11.9 Å². The molecule has 0 rings (SSSR count). The number of halogens is 1. The van der Waals surface area contributed by atoms with Gasteiger partial charge in [0.15, 0.2) is 0 Å². The average molecular weight is 170 g/mol. The van der Waals surface area contributed by atoms with Gasteiger partial charge in [0.1, 0.15) is 0 Å². The summed E-state index contributed by atoms with van der Waals surface area (Å²) in [7, 11) is 1.28. The van der Waals surface area contributed by atoms with Crippen LogP contribution in [0.3, 0.4) is 0 Å². The zero-order chi connectivity index (χ0) is 8.20. The fourth-order valence-corrected chi connectivity index (χ4v) is 0.467. The second-order valence-electron chi connectivity index (χ2n) is 1.91. The van der Waals surface area contributed by atoms with Gasteiger partial charge in [0.2, 0.25) is 5.79 Å². The van der Waals surface area contributed by atoms with E-state index < -0.39 is 17.3 Å². The minimum absolute atomic E-state index is 0.479. The largest absolute Gasteiger partial charge is 0.347 e. The van der Waals surface area contributed by atoms with E-state index in [1.807, 2.05) is 0 Å². The molecule has 6 heteroatoms. The zero-order valence-corrected chi connectivity index (χ0v) is 6.42. The molecule has 0 saturated heterocycles. The third-order valence-electron chi connectivity index (χ3n) is 1.01. The van der Waals surface area contributed by atoms with E-state index in [4.69, 9.17) is 11.9 Å². The minimum Gasteiger partial charge on any atom is -0.347 e. The molecule has 0 amide bonds. The first kappa shape index (κ1) is 9.61. The van der Waals surface area contributed by atoms with Gasteiger partial charge < -0.3 is 4.74 Å². The minimum atomic E-state index is -1.33. The molecule has 1 atom stereocenters. The molecule has 0 radical (unpaired) electrons. The highest BCUT2D eigenvalue weighted by molar-refractivity contribution is 6.07. The Labute approximate surface area is 63.2 Å². The summed E-state index contributed by atoms with van der Waals surface area (Å²) in [5.41, 5.74) is 0. The van der Waals surface area contributed by atoms with Crippen LogP contribution in [0.15, 0.2) is 0 Å². The molecule has 0 aromatic rings. The highest BCUT2D eigenvalue weighted by atomic mass is 35.5. The summed E-state index contributed by atoms with van der Waals surface area (Å²) >= 11 is 4.92. The maximum atomic E-state index is 9.92. The van der Waals surface area contributed by atoms with Gasteiger partial charge in [-0.25, -0.2) is 4.29 Å². The number of nitrogens with zero attached hydrogens (tertiary/aromatic N) is 1. The number of methoxy groups -OCH3 is 1. The standard InChI is InChI=1S/C4H8ClNO4/c1-4(9-2,10-5)3-6(7)8/h3H2,1-2H3. The number of hydrogen-bond donors (Lipinski definition) is 0. The maximum absolute atomic E-state index is 9.92. The van der Waals surface area contributed by atoms with Gasteiger partial charge >= 0.3 is 0 Å². The summed E-state index contributed by atoms with van der Waals surface area (Å²) in [6, 6.07) is 0. The van der Waals surface area contributed by atoms with E-state index in [9.17, 15) is 10.1 Å². The fourth-order valence-electron chi connectivity index (χ4n) is 0.355. The van der Waals surface area contributed by atoms with Crippen LogP contribution in [0.4, 0.5) is 0 Å². The Morgan fingerprint density at radius 1 is 1.80 bits per heavy atom. The molecule has 0 aliphatic rings. The molecule has 0 aliphatic heterocycles. The molecular weight excluding hydrogens is 162 g/mol. The second-order valence-corrected chi connectivity index (χ2v) is 2.06. The smallest absolute Gasteiger partial charge is 0.258 e. The third kappa shape index (κ3) is 2.95. The quantitative estimate of drug-likeness (QED) is 0.355. The van der Waals surface area contributed by atoms with Gasteiger partial charge in [-0.15, -0.1) is 0 Å². The molecule has 0 aromatic carbocycles. The van der Waals surface area contributed by atoms with E-state index in [0.717, 1.165) is 0 Å². The summed E-state index contributed by atoms with van der Waals surface area (Å²) in [6.07, 6.45) is 0. The molecule has 0 heterocycles. The summed E-state index contributed by atoms with van der Waals surface area (Å²) in [5.74, 6) is -1.33. The average Bonchev–Trinajstić information content (AvgIpc) is 1.87. The van der Waals surface area contributed by atoms with Crippen LogP contribution in [-0.2, 0) is 9.03 Å². The lowest BCUT2D eigenvalue weighted by molar-refractivity contribution is -0.514. The van der Waals surface area contributed by atoms with Gasteiger partial charge in [-0.05, 0) is 6.92 Å². The van der Waals surface area contributed by atoms with E-state index in [-0.39, 0.29) is 0 Å². The number of nitro groups is 1. The Bertz CT molecular complexity index is 124. The monoisotopic (exact) mass is 169 g/mol. The summed E-state index contributed by atoms with van der Waals surface area (Å²) in [5, 5.41) is 9.92. The highest BCUT2D eigenvalue weighted by Gasteiger charge is 2.31. The van der Waals surface area contributed by atoms with E-state index in [1.54, 1.807) is 0 Å². The molecule has 0 bridgehead atoms. The van der Waals surface area contributed by atoms with Gasteiger partial charge in [-0.1, -0.05) is 0 Å². The van der Waals surface area contributed by atoms with Crippen LogP contribution in [0.1, 0.15) is 6.92 Å². The number of ether oxygens (including phenoxy) is 1. The van der Waals surface area contributed by atoms with Crippen LogP contribution in [-0.4, -0.2) is 24.4 Å². The molecule has 0 aliphatic carbocycles. The fraction of sp³-hybridized carbons (Fsp3) is 1.00. The van der Waals surface area contributed by atoms with Crippen LogP contribution < -0.4 is 0 Å². The summed E-state index contributed by atoms with van der Waals surface area (Å²) in [6.45, 7) is 0.899. The predicted molar refractivity (Wildman–Crippen MR) is 34.2 cm³/mol. The van der Waals surface area contributed by atoms with E-state index in [2.05, 4.69) is 9.03 Å². The first-order valence-electron chi connectivity index (χ1n) is 2.51. The van der Waals surface area contributed by atoms with Gasteiger partial charge in [0.25, 0.3) is 6.54 Å². The molecule has 0 saturated carbocycles. The molecule has 0 N–H and O–H groups in total. The first-order chi connectivity index (χ1) is 4.54. The SMILES string of the molecule is COC(C)(C[N+](=O)[O-])OCl. The third-order valence-corrected chi connectivity index (χ3v) is 1.34. The van der Waals surface area contributed by atoms with E-state index >= 15 is 0 Å². The van der Waals surface area contributed by atoms with Crippen molar-refractivity contribution in [2.45, 2.75) is 12.7 Å². The Morgan fingerprint density at radius 2 is 2.30 bits per heavy atom. The Kier molecular flexibility index (Phi) is 3.55. The Morgan fingerprint density at radius 3 is 2.40 bits per heavy atom. The lowest BCUT2D eigenvalue weighted by Crippen LogP contribution is -2.36. The topological polar surface area (TPSA) is 61.6 Å². The van der Waals surface area contributed by atoms with E-state index in [1.165, 1.54) is 14.0 Å². The van der Waals surface area contributed by atoms with Crippen LogP contribution in [0.2, 0.25) is 0 Å². The number of hydrogen-bond acceptors (Lipinski definition) is 4. The Hall–Kier alpha value is -0.390. The van der Waals surface area contributed by atoms with Gasteiger partial charge in [-0.3, -0.25) is 10.1 Å². The molecule has 1 unspecified atom stereocenters. The van der Waals surface area contributed by atoms with Crippen LogP contribution in [0.5, 0.6) is 0 Å². The maximum Gasteiger partial charge on any atom is 0.258 e. The van der Waals surface area contributed by atoms with Crippen LogP contribution >= 0.6 is 11.9 Å². The van der Waals surface area contributed by atoms with E-state index in [0.29, 0.717) is 0 Å². The normalized spacial score (nSPS) is 16.3. The van der Waals surface area contributed by atoms with Gasteiger partial charge in [0.05, 0.1) is 11.9 Å². The lowest BCUT2D eigenvalue weighted by Gasteiger charge is -2.18. The van der Waals surface area contributed by atoms with Crippen molar-refractivity contribution in [2.24, 2.45) is 0 Å². The molecular formula is C4H8ClNO4. The van der Waals surface area contributed by atoms with Gasteiger partial charge in [-0.2, -0.15) is 0 Å². The lowest BCUT2D eigenvalue weighted by atomic mass is 10.3. The van der Waals surface area contributed by atoms with Crippen molar-refractivity contribution in [1.82, 2.24) is 0 Å². The first-order valence-corrected chi connectivity index (χ1v) is 2.81. The van der Waals surface area contributed by atoms with Crippen molar-refractivity contribution < 1.29 is 13.9 Å². The molecule has 0 aromatic heterocycles. The van der Waals surface area contributed by atoms with Crippen molar-refractivity contribution in [3.05, 3.63) is 10.1 Å². The van der Waals surface area contributed by atoms with Crippen molar-refractivity contribution in [2.75, 3.05) is 13.7 Å². The summed E-state index contributed by atoms with van der Waals surface area (Å²) in [4.78, 5) is 9.36. The van der Waals surface area contributed by atoms with Crippen molar-refractivity contribution in [3.63, 3.8) is 0 Å². The molecule has 0 fully saturated rings. The summed E-state index contributed by atoms with van der Waals surface area (Å²) < 4.78 is 8.81. The molecule has 60 valence electrons. The van der Waals surface area contributed by atoms with Crippen molar-refractivity contribution in [1.29, 1.82) is 0 Å². The van der Waals surface area contributed by atoms with Crippen molar-refractivity contribution in [3.8, 4) is 0 Å². The van der Waals surface area contributed by atoms with Gasteiger partial charge in [0, 0.05) is 12.0 Å². The second kappa shape index (κ2) is 3.70. The molecule has 5 nitrogen and oxygen atoms in total. The van der Waals surface area contributed by atoms with Crippen LogP contribution in [0, 0.1) is 10.1 Å². The zero-order valence-electron chi connectivity index (χ0n) is 5.67. The predicted octanol–water partition coefficient (Wildman–Crippen LogP) is 0.796. The molecule has 10 heavy (non-hydrogen) atoms.